The summed E-state index contributed by atoms with van der Waals surface area (Å²) < 4.78 is 38.7. The lowest BCUT2D eigenvalue weighted by Gasteiger charge is -2.16. The Bertz CT molecular complexity index is 831. The third-order valence-electron chi connectivity index (χ3n) is 4.32. The number of alkyl halides is 3. The Balaban J connectivity index is 1.77. The van der Waals surface area contributed by atoms with Crippen molar-refractivity contribution in [2.24, 2.45) is 5.92 Å². The van der Waals surface area contributed by atoms with Gasteiger partial charge in [0, 0.05) is 12.2 Å². The van der Waals surface area contributed by atoms with Crippen LogP contribution in [0, 0.1) is 5.92 Å². The minimum atomic E-state index is -4.49. The molecule has 1 atom stereocenters. The predicted octanol–water partition coefficient (Wildman–Crippen LogP) is 4.29. The molecule has 0 aromatic carbocycles. The zero-order valence-electron chi connectivity index (χ0n) is 14.1. The van der Waals surface area contributed by atoms with Gasteiger partial charge in [-0.2, -0.15) is 23.0 Å². The summed E-state index contributed by atoms with van der Waals surface area (Å²) in [7, 11) is 0. The predicted molar refractivity (Wildman–Crippen MR) is 92.7 cm³/mol. The highest BCUT2D eigenvalue weighted by atomic mass is 35.5. The van der Waals surface area contributed by atoms with E-state index in [1.807, 2.05) is 6.92 Å². The van der Waals surface area contributed by atoms with Crippen molar-refractivity contribution < 1.29 is 13.2 Å². The van der Waals surface area contributed by atoms with Gasteiger partial charge in [0.1, 0.15) is 5.02 Å². The average Bonchev–Trinajstić information content (AvgIpc) is 3.41. The Morgan fingerprint density at radius 1 is 1.35 bits per heavy atom. The van der Waals surface area contributed by atoms with E-state index in [1.165, 1.54) is 19.0 Å². The highest BCUT2D eigenvalue weighted by molar-refractivity contribution is 6.32. The molecule has 0 radical (unpaired) electrons. The third-order valence-corrected chi connectivity index (χ3v) is 4.68. The van der Waals surface area contributed by atoms with E-state index in [9.17, 15) is 18.0 Å². The van der Waals surface area contributed by atoms with Crippen molar-refractivity contribution in [2.45, 2.75) is 44.8 Å². The Kier molecular flexibility index (Phi) is 5.22. The molecule has 0 bridgehead atoms. The van der Waals surface area contributed by atoms with Crippen molar-refractivity contribution in [1.29, 1.82) is 0 Å². The molecule has 0 amide bonds. The number of anilines is 1. The quantitative estimate of drug-likeness (QED) is 0.804. The number of rotatable bonds is 6. The second kappa shape index (κ2) is 7.26. The molecule has 1 N–H and O–H groups in total. The van der Waals surface area contributed by atoms with E-state index in [-0.39, 0.29) is 16.9 Å². The van der Waals surface area contributed by atoms with Crippen LogP contribution < -0.4 is 10.9 Å². The smallest absolute Gasteiger partial charge is 0.380 e. The Morgan fingerprint density at radius 3 is 2.65 bits per heavy atom. The molecule has 9 heteroatoms. The maximum Gasteiger partial charge on any atom is 0.417 e. The summed E-state index contributed by atoms with van der Waals surface area (Å²) in [5.74, 6) is 0.782. The van der Waals surface area contributed by atoms with Gasteiger partial charge >= 0.3 is 6.18 Å². The van der Waals surface area contributed by atoms with Crippen LogP contribution in [0.2, 0.25) is 5.02 Å². The second-order valence-corrected chi connectivity index (χ2v) is 6.94. The molecule has 1 aliphatic carbocycles. The molecular formula is C17H18ClF3N4O. The van der Waals surface area contributed by atoms with E-state index in [1.54, 1.807) is 0 Å². The molecule has 1 saturated carbocycles. The first-order valence-electron chi connectivity index (χ1n) is 8.33. The number of hydrogen-bond acceptors (Lipinski definition) is 4. The number of hydrogen-bond donors (Lipinski definition) is 1. The summed E-state index contributed by atoms with van der Waals surface area (Å²) in [6.45, 7) is 2.00. The van der Waals surface area contributed by atoms with Gasteiger partial charge in [0.15, 0.2) is 5.82 Å². The van der Waals surface area contributed by atoms with E-state index in [0.29, 0.717) is 11.9 Å². The summed E-state index contributed by atoms with van der Waals surface area (Å²) in [5, 5.41) is 7.07. The lowest BCUT2D eigenvalue weighted by molar-refractivity contribution is -0.137. The van der Waals surface area contributed by atoms with Gasteiger partial charge < -0.3 is 5.32 Å². The molecule has 0 aliphatic heterocycles. The Labute approximate surface area is 153 Å². The summed E-state index contributed by atoms with van der Waals surface area (Å²) >= 11 is 6.13. The minimum absolute atomic E-state index is 0.0294. The lowest BCUT2D eigenvalue weighted by atomic mass is 10.1. The highest BCUT2D eigenvalue weighted by Crippen LogP contribution is 2.34. The number of nitrogens with one attached hydrogen (secondary N) is 1. The van der Waals surface area contributed by atoms with Crippen molar-refractivity contribution in [3.63, 3.8) is 0 Å². The molecule has 2 aromatic rings. The van der Waals surface area contributed by atoms with E-state index in [4.69, 9.17) is 11.6 Å². The van der Waals surface area contributed by atoms with E-state index >= 15 is 0 Å². The van der Waals surface area contributed by atoms with Crippen LogP contribution in [0.1, 0.15) is 38.2 Å². The zero-order valence-corrected chi connectivity index (χ0v) is 14.8. The largest absolute Gasteiger partial charge is 0.417 e. The van der Waals surface area contributed by atoms with E-state index < -0.39 is 17.3 Å². The molecule has 1 fully saturated rings. The maximum absolute atomic E-state index is 12.6. The van der Waals surface area contributed by atoms with Gasteiger partial charge in [-0.05, 0) is 37.8 Å². The fourth-order valence-corrected chi connectivity index (χ4v) is 2.79. The third kappa shape index (κ3) is 4.35. The number of aromatic nitrogens is 3. The van der Waals surface area contributed by atoms with Gasteiger partial charge in [0.05, 0.1) is 17.4 Å². The topological polar surface area (TPSA) is 59.8 Å². The SMILES string of the molecule is CC(CCC1CC1)Nc1cnn(-c2ccc(C(F)(F)F)cn2)c(=O)c1Cl. The molecule has 2 aromatic heterocycles. The minimum Gasteiger partial charge on any atom is -0.380 e. The van der Waals surface area contributed by atoms with E-state index in [0.717, 1.165) is 35.6 Å². The van der Waals surface area contributed by atoms with Crippen molar-refractivity contribution >= 4 is 17.3 Å². The first-order chi connectivity index (χ1) is 12.3. The van der Waals surface area contributed by atoms with Gasteiger partial charge in [-0.25, -0.2) is 4.98 Å². The van der Waals surface area contributed by atoms with Gasteiger partial charge in [0.2, 0.25) is 0 Å². The molecule has 3 rings (SSSR count). The van der Waals surface area contributed by atoms with Gasteiger partial charge in [0.25, 0.3) is 5.56 Å². The van der Waals surface area contributed by atoms with Crippen LogP contribution in [0.3, 0.4) is 0 Å². The van der Waals surface area contributed by atoms with Crippen LogP contribution in [-0.4, -0.2) is 20.8 Å². The Morgan fingerprint density at radius 2 is 2.08 bits per heavy atom. The van der Waals surface area contributed by atoms with Crippen molar-refractivity contribution in [2.75, 3.05) is 5.32 Å². The zero-order chi connectivity index (χ0) is 18.9. The standard InChI is InChI=1S/C17H18ClF3N4O/c1-10(2-3-11-4-5-11)24-13-9-23-25(16(26)15(13)18)14-7-6-12(8-22-14)17(19,20)21/h6-11,24H,2-5H2,1H3. The van der Waals surface area contributed by atoms with Crippen molar-refractivity contribution in [1.82, 2.24) is 14.8 Å². The summed E-state index contributed by atoms with van der Waals surface area (Å²) in [5.41, 5.74) is -1.13. The molecule has 140 valence electrons. The number of pyridine rings is 1. The van der Waals surface area contributed by atoms with Gasteiger partial charge in [-0.1, -0.05) is 24.4 Å². The molecule has 0 saturated heterocycles. The Hall–Kier alpha value is -2.09. The van der Waals surface area contributed by atoms with Gasteiger partial charge in [-0.15, -0.1) is 0 Å². The number of halogens is 4. The van der Waals surface area contributed by atoms with Crippen LogP contribution in [0.15, 0.2) is 29.3 Å². The van der Waals surface area contributed by atoms with Gasteiger partial charge in [-0.3, -0.25) is 4.79 Å². The second-order valence-electron chi connectivity index (χ2n) is 6.56. The van der Waals surface area contributed by atoms with Crippen LogP contribution in [0.5, 0.6) is 0 Å². The molecule has 2 heterocycles. The molecule has 0 spiro atoms. The normalized spacial score (nSPS) is 15.7. The highest BCUT2D eigenvalue weighted by Gasteiger charge is 2.30. The first kappa shape index (κ1) is 18.7. The van der Waals surface area contributed by atoms with Crippen molar-refractivity contribution in [3.05, 3.63) is 45.5 Å². The van der Waals surface area contributed by atoms with Crippen LogP contribution in [0.25, 0.3) is 5.82 Å². The summed E-state index contributed by atoms with van der Waals surface area (Å²) in [6.07, 6.45) is 2.21. The fraction of sp³-hybridized carbons (Fsp3) is 0.471. The monoisotopic (exact) mass is 386 g/mol. The van der Waals surface area contributed by atoms with Crippen molar-refractivity contribution in [3.8, 4) is 5.82 Å². The van der Waals surface area contributed by atoms with Crippen LogP contribution in [-0.2, 0) is 6.18 Å². The molecular weight excluding hydrogens is 369 g/mol. The number of nitrogens with zero attached hydrogens (tertiary/aromatic N) is 3. The summed E-state index contributed by atoms with van der Waals surface area (Å²) in [4.78, 5) is 16.1. The van der Waals surface area contributed by atoms with E-state index in [2.05, 4.69) is 15.4 Å². The molecule has 1 unspecified atom stereocenters. The molecule has 26 heavy (non-hydrogen) atoms. The molecule has 5 nitrogen and oxygen atoms in total. The van der Waals surface area contributed by atoms with Crippen LogP contribution >= 0.6 is 11.6 Å². The molecule has 1 aliphatic rings. The summed E-state index contributed by atoms with van der Waals surface area (Å²) in [6, 6.07) is 2.06. The lowest BCUT2D eigenvalue weighted by Crippen LogP contribution is -2.25. The maximum atomic E-state index is 12.6. The fourth-order valence-electron chi connectivity index (χ4n) is 2.61. The first-order valence-corrected chi connectivity index (χ1v) is 8.71. The average molecular weight is 387 g/mol. The van der Waals surface area contributed by atoms with Crippen LogP contribution in [0.4, 0.5) is 18.9 Å².